The van der Waals surface area contributed by atoms with Crippen molar-refractivity contribution in [3.63, 3.8) is 0 Å². The highest BCUT2D eigenvalue weighted by Gasteiger charge is 2.07. The molecule has 0 saturated heterocycles. The first kappa shape index (κ1) is 9.90. The monoisotopic (exact) mass is 224 g/mol. The van der Waals surface area contributed by atoms with Crippen molar-refractivity contribution in [1.29, 1.82) is 0 Å². The third-order valence-corrected chi connectivity index (χ3v) is 2.95. The molecule has 3 heteroatoms. The van der Waals surface area contributed by atoms with Gasteiger partial charge in [0.15, 0.2) is 0 Å². The number of phenols is 1. The molecule has 0 saturated carbocycles. The van der Waals surface area contributed by atoms with Crippen molar-refractivity contribution in [3.8, 4) is 17.0 Å². The second-order valence-electron chi connectivity index (χ2n) is 4.05. The van der Waals surface area contributed by atoms with E-state index in [9.17, 15) is 5.11 Å². The molecule has 0 fully saturated rings. The van der Waals surface area contributed by atoms with E-state index in [1.807, 2.05) is 31.3 Å². The van der Waals surface area contributed by atoms with Crippen LogP contribution in [0.4, 0.5) is 0 Å². The van der Waals surface area contributed by atoms with Gasteiger partial charge in [0.1, 0.15) is 11.4 Å². The Kier molecular flexibility index (Phi) is 2.11. The number of benzene rings is 1. The predicted octanol–water partition coefficient (Wildman–Crippen LogP) is 2.95. The minimum absolute atomic E-state index is 0.283. The van der Waals surface area contributed by atoms with Crippen LogP contribution in [0, 0.1) is 0 Å². The van der Waals surface area contributed by atoms with Gasteiger partial charge < -0.3 is 9.67 Å². The summed E-state index contributed by atoms with van der Waals surface area (Å²) in [6, 6.07) is 13.3. The SMILES string of the molecule is Cn1c(-c2ccc(O)cc2)cc2cccnc21. The summed E-state index contributed by atoms with van der Waals surface area (Å²) in [5.41, 5.74) is 3.14. The van der Waals surface area contributed by atoms with Crippen molar-refractivity contribution in [2.75, 3.05) is 0 Å². The van der Waals surface area contributed by atoms with Crippen molar-refractivity contribution in [2.45, 2.75) is 0 Å². The van der Waals surface area contributed by atoms with E-state index < -0.39 is 0 Å². The van der Waals surface area contributed by atoms with Gasteiger partial charge in [-0.1, -0.05) is 0 Å². The molecule has 2 heterocycles. The summed E-state index contributed by atoms with van der Waals surface area (Å²) in [5, 5.41) is 10.4. The summed E-state index contributed by atoms with van der Waals surface area (Å²) in [5.74, 6) is 0.283. The van der Waals surface area contributed by atoms with E-state index in [0.29, 0.717) is 0 Å². The van der Waals surface area contributed by atoms with Crippen LogP contribution >= 0.6 is 0 Å². The molecule has 84 valence electrons. The number of hydrogen-bond acceptors (Lipinski definition) is 2. The van der Waals surface area contributed by atoms with Gasteiger partial charge in [-0.25, -0.2) is 4.98 Å². The molecule has 3 aromatic rings. The summed E-state index contributed by atoms with van der Waals surface area (Å²) in [7, 11) is 2.00. The number of aryl methyl sites for hydroxylation is 1. The zero-order valence-corrected chi connectivity index (χ0v) is 9.46. The first-order valence-corrected chi connectivity index (χ1v) is 5.45. The lowest BCUT2D eigenvalue weighted by Crippen LogP contribution is -1.92. The number of phenolic OH excluding ortho intramolecular Hbond substituents is 1. The number of pyridine rings is 1. The van der Waals surface area contributed by atoms with Gasteiger partial charge in [0.25, 0.3) is 0 Å². The molecule has 0 bridgehead atoms. The summed E-state index contributed by atoms with van der Waals surface area (Å²) >= 11 is 0. The maximum absolute atomic E-state index is 9.29. The Hall–Kier alpha value is -2.29. The summed E-state index contributed by atoms with van der Waals surface area (Å²) in [4.78, 5) is 4.36. The van der Waals surface area contributed by atoms with Gasteiger partial charge in [-0.05, 0) is 48.0 Å². The number of hydrogen-bond donors (Lipinski definition) is 1. The number of aromatic hydroxyl groups is 1. The molecule has 1 N–H and O–H groups in total. The average Bonchev–Trinajstić information content (AvgIpc) is 2.69. The molecule has 17 heavy (non-hydrogen) atoms. The van der Waals surface area contributed by atoms with Crippen LogP contribution in [0.25, 0.3) is 22.3 Å². The molecule has 3 rings (SSSR count). The standard InChI is InChI=1S/C14H12N2O/c1-16-13(10-4-6-12(17)7-5-10)9-11-3-2-8-15-14(11)16/h2-9,17H,1H3. The highest BCUT2D eigenvalue weighted by Crippen LogP contribution is 2.26. The van der Waals surface area contributed by atoms with Crippen molar-refractivity contribution < 1.29 is 5.11 Å². The van der Waals surface area contributed by atoms with Gasteiger partial charge in [0.05, 0.1) is 5.69 Å². The van der Waals surface area contributed by atoms with E-state index >= 15 is 0 Å². The van der Waals surface area contributed by atoms with E-state index in [4.69, 9.17) is 0 Å². The van der Waals surface area contributed by atoms with Gasteiger partial charge >= 0.3 is 0 Å². The van der Waals surface area contributed by atoms with Crippen molar-refractivity contribution >= 4 is 11.0 Å². The summed E-state index contributed by atoms with van der Waals surface area (Å²) in [6.45, 7) is 0. The van der Waals surface area contributed by atoms with Crippen molar-refractivity contribution in [3.05, 3.63) is 48.7 Å². The molecule has 3 nitrogen and oxygen atoms in total. The fourth-order valence-electron chi connectivity index (χ4n) is 2.07. The van der Waals surface area contributed by atoms with Gasteiger partial charge in [-0.2, -0.15) is 0 Å². The molecule has 0 aliphatic rings. The average molecular weight is 224 g/mol. The van der Waals surface area contributed by atoms with Crippen LogP contribution in [0.3, 0.4) is 0 Å². The second-order valence-corrected chi connectivity index (χ2v) is 4.05. The van der Waals surface area contributed by atoms with Gasteiger partial charge in [0, 0.05) is 18.6 Å². The minimum Gasteiger partial charge on any atom is -0.508 e. The van der Waals surface area contributed by atoms with Crippen molar-refractivity contribution in [2.24, 2.45) is 7.05 Å². The lowest BCUT2D eigenvalue weighted by Gasteiger charge is -2.03. The third-order valence-electron chi connectivity index (χ3n) is 2.95. The number of fused-ring (bicyclic) bond motifs is 1. The first-order chi connectivity index (χ1) is 8.25. The van der Waals surface area contributed by atoms with Crippen LogP contribution in [0.1, 0.15) is 0 Å². The van der Waals surface area contributed by atoms with Crippen LogP contribution in [-0.2, 0) is 7.05 Å². The number of rotatable bonds is 1. The van der Waals surface area contributed by atoms with E-state index in [1.165, 1.54) is 0 Å². The maximum Gasteiger partial charge on any atom is 0.140 e. The fourth-order valence-corrected chi connectivity index (χ4v) is 2.07. The lowest BCUT2D eigenvalue weighted by atomic mass is 10.1. The van der Waals surface area contributed by atoms with Gasteiger partial charge in [0.2, 0.25) is 0 Å². The topological polar surface area (TPSA) is 38.0 Å². The van der Waals surface area contributed by atoms with Crippen LogP contribution in [0.5, 0.6) is 5.75 Å². The number of aromatic nitrogens is 2. The highest BCUT2D eigenvalue weighted by molar-refractivity contribution is 5.84. The fraction of sp³-hybridized carbons (Fsp3) is 0.0714. The van der Waals surface area contributed by atoms with E-state index in [0.717, 1.165) is 22.3 Å². The van der Waals surface area contributed by atoms with Crippen molar-refractivity contribution in [1.82, 2.24) is 9.55 Å². The Balaban J connectivity index is 2.24. The second kappa shape index (κ2) is 3.63. The smallest absolute Gasteiger partial charge is 0.140 e. The zero-order chi connectivity index (χ0) is 11.8. The highest BCUT2D eigenvalue weighted by atomic mass is 16.3. The van der Waals surface area contributed by atoms with Crippen LogP contribution in [0.2, 0.25) is 0 Å². The molecule has 0 radical (unpaired) electrons. The largest absolute Gasteiger partial charge is 0.508 e. The summed E-state index contributed by atoms with van der Waals surface area (Å²) < 4.78 is 2.06. The Labute approximate surface area is 99.0 Å². The molecule has 0 unspecified atom stereocenters. The molecule has 1 aromatic carbocycles. The molecule has 0 atom stereocenters. The Morgan fingerprint density at radius 3 is 2.59 bits per heavy atom. The van der Waals surface area contributed by atoms with Gasteiger partial charge in [-0.3, -0.25) is 0 Å². The Morgan fingerprint density at radius 1 is 1.12 bits per heavy atom. The molecule has 0 aliphatic carbocycles. The quantitative estimate of drug-likeness (QED) is 0.690. The molecule has 0 spiro atoms. The van der Waals surface area contributed by atoms with E-state index in [1.54, 1.807) is 18.3 Å². The maximum atomic E-state index is 9.29. The van der Waals surface area contributed by atoms with Crippen LogP contribution < -0.4 is 0 Å². The van der Waals surface area contributed by atoms with E-state index in [2.05, 4.69) is 15.6 Å². The lowest BCUT2D eigenvalue weighted by molar-refractivity contribution is 0.475. The number of nitrogens with zero attached hydrogens (tertiary/aromatic N) is 2. The summed E-state index contributed by atoms with van der Waals surface area (Å²) in [6.07, 6.45) is 1.79. The Morgan fingerprint density at radius 2 is 1.88 bits per heavy atom. The van der Waals surface area contributed by atoms with Crippen LogP contribution in [-0.4, -0.2) is 14.7 Å². The Bertz CT molecular complexity index is 668. The molecule has 2 aromatic heterocycles. The molecular formula is C14H12N2O. The first-order valence-electron chi connectivity index (χ1n) is 5.45. The third kappa shape index (κ3) is 1.56. The van der Waals surface area contributed by atoms with Gasteiger partial charge in [-0.15, -0.1) is 0 Å². The molecule has 0 aliphatic heterocycles. The normalized spacial score (nSPS) is 10.9. The van der Waals surface area contributed by atoms with Crippen LogP contribution in [0.15, 0.2) is 48.7 Å². The zero-order valence-electron chi connectivity index (χ0n) is 9.46. The molecular weight excluding hydrogens is 212 g/mol. The molecule has 0 amide bonds. The minimum atomic E-state index is 0.283. The predicted molar refractivity (Wildman–Crippen MR) is 67.8 cm³/mol. The van der Waals surface area contributed by atoms with E-state index in [-0.39, 0.29) is 5.75 Å².